The molecule has 2 saturated heterocycles. The van der Waals surface area contributed by atoms with Crippen LogP contribution in [0.1, 0.15) is 32.9 Å². The van der Waals surface area contributed by atoms with Gasteiger partial charge in [0.1, 0.15) is 48.0 Å². The van der Waals surface area contributed by atoms with Crippen LogP contribution in [0.5, 0.6) is 0 Å². The normalized spacial score (nSPS) is 26.7. The third-order valence-corrected chi connectivity index (χ3v) is 12.7. The van der Waals surface area contributed by atoms with E-state index in [1.165, 1.54) is 13.8 Å². The van der Waals surface area contributed by atoms with Crippen LogP contribution in [0, 0.1) is 5.41 Å². The van der Waals surface area contributed by atoms with Gasteiger partial charge in [-0.05, 0) is 6.08 Å². The summed E-state index contributed by atoms with van der Waals surface area (Å²) in [6.45, 7) is 0.444. The Morgan fingerprint density at radius 2 is 1.79 bits per heavy atom. The number of carbonyl (C=O) groups excluding carboxylic acids is 3. The highest BCUT2D eigenvalue weighted by atomic mass is 32.2. The van der Waals surface area contributed by atoms with E-state index in [1.807, 2.05) is 24.3 Å². The summed E-state index contributed by atoms with van der Waals surface area (Å²) in [5, 5.41) is 26.3. The summed E-state index contributed by atoms with van der Waals surface area (Å²) in [6, 6.07) is 0. The number of allylic oxidation sites excluding steroid dienone is 2. The van der Waals surface area contributed by atoms with Gasteiger partial charge in [0, 0.05) is 30.7 Å². The van der Waals surface area contributed by atoms with Crippen LogP contribution in [-0.2, 0) is 55.4 Å². The average Bonchev–Trinajstić information content (AvgIpc) is 3.55. The number of amides is 2. The molecule has 0 radical (unpaired) electrons. The molecule has 0 spiro atoms. The number of thioether (sulfide) groups is 1. The number of rotatable bonds is 21. The van der Waals surface area contributed by atoms with Gasteiger partial charge < -0.3 is 55.6 Å². The lowest BCUT2D eigenvalue weighted by Crippen LogP contribution is -2.46. The molecule has 2 aliphatic heterocycles. The van der Waals surface area contributed by atoms with Crippen molar-refractivity contribution < 1.29 is 85.2 Å². The predicted octanol–water partition coefficient (Wildman–Crippen LogP) is -0.682. The summed E-state index contributed by atoms with van der Waals surface area (Å²) in [5.74, 6) is -1.16. The molecule has 1 aliphatic carbocycles. The van der Waals surface area contributed by atoms with E-state index in [4.69, 9.17) is 24.3 Å². The van der Waals surface area contributed by atoms with Crippen LogP contribution in [-0.4, -0.2) is 134 Å². The van der Waals surface area contributed by atoms with Crippen molar-refractivity contribution in [2.45, 2.75) is 69.0 Å². The number of anilines is 1. The van der Waals surface area contributed by atoms with Gasteiger partial charge in [-0.15, -0.1) is 0 Å². The van der Waals surface area contributed by atoms with Gasteiger partial charge in [0.2, 0.25) is 11.8 Å². The van der Waals surface area contributed by atoms with Crippen LogP contribution in [0.4, 0.5) is 5.82 Å². The lowest BCUT2D eigenvalue weighted by molar-refractivity contribution is -0.137. The fraction of sp³-hybridized carbons (Fsp3) is 0.586. The maximum atomic E-state index is 12.7. The Kier molecular flexibility index (Phi) is 14.6. The quantitative estimate of drug-likeness (QED) is 0.0425. The molecule has 0 saturated carbocycles. The Hall–Kier alpha value is -3.00. The maximum absolute atomic E-state index is 12.7. The Labute approximate surface area is 333 Å². The molecule has 322 valence electrons. The zero-order valence-electron chi connectivity index (χ0n) is 30.6. The molecule has 9 atom stereocenters. The summed E-state index contributed by atoms with van der Waals surface area (Å²) >= 11 is 1.05. The van der Waals surface area contributed by atoms with Crippen molar-refractivity contribution in [1.82, 2.24) is 30.2 Å². The number of epoxide rings is 1. The highest BCUT2D eigenvalue weighted by molar-refractivity contribution is 8.13. The Bertz CT molecular complexity index is 2070. The SMILES string of the molecule is CC(C)(COP(=O)(O)OP(=O)(O)OC[C@H]1O[C@@H](n2cnc3c(N)ncnc32)[C@H](O)[C@@H]1OP(=O)(O)O)[C@@H](O)C(=O)NCCC(=O)NCCSC(=O)CC12C=CC=CC1O2. The zero-order chi connectivity index (χ0) is 42.7. The van der Waals surface area contributed by atoms with E-state index >= 15 is 0 Å². The number of hydrogen-bond acceptors (Lipinski definition) is 19. The standard InChI is InChI=1S/C29H42N7O18P3S/c1-28(2,23(40)26(41)32-8-6-18(37)31-9-10-58-19(38)11-29-7-4-3-5-17(29)52-29)13-50-57(47,48)54-56(45,46)49-12-16-22(53-55(42,43)44)21(39)27(51-16)36-15-35-20-24(30)33-14-34-25(20)36/h3-5,7,14-17,21-23,27,39-40H,6,8-13H2,1-2H3,(H,31,37)(H,32,41)(H,45,46)(H,47,48)(H2,30,33,34)(H2,42,43,44)/t16-,17?,21-,22-,23+,27-,29?/m1/s1. The van der Waals surface area contributed by atoms with Crippen LogP contribution in [0.25, 0.3) is 11.2 Å². The lowest BCUT2D eigenvalue weighted by atomic mass is 9.87. The number of phosphoric acid groups is 3. The Morgan fingerprint density at radius 3 is 2.50 bits per heavy atom. The molecule has 4 unspecified atom stereocenters. The summed E-state index contributed by atoms with van der Waals surface area (Å²) in [5.41, 5.74) is 3.68. The van der Waals surface area contributed by atoms with E-state index < -0.39 is 90.2 Å². The van der Waals surface area contributed by atoms with Crippen molar-refractivity contribution in [3.05, 3.63) is 37.0 Å². The maximum Gasteiger partial charge on any atom is 0.481 e. The number of nitrogens with zero attached hydrogens (tertiary/aromatic N) is 4. The van der Waals surface area contributed by atoms with E-state index in [9.17, 15) is 57.9 Å². The van der Waals surface area contributed by atoms with E-state index in [0.717, 1.165) is 29.0 Å². The largest absolute Gasteiger partial charge is 0.481 e. The number of carbonyl (C=O) groups is 3. The molecular formula is C29H42N7O18P3S. The van der Waals surface area contributed by atoms with Crippen molar-refractivity contribution in [3.8, 4) is 0 Å². The van der Waals surface area contributed by atoms with Gasteiger partial charge >= 0.3 is 23.5 Å². The number of aliphatic hydroxyl groups excluding tert-OH is 2. The fourth-order valence-electron chi connectivity index (χ4n) is 5.70. The van der Waals surface area contributed by atoms with Crippen LogP contribution < -0.4 is 16.4 Å². The number of hydrogen-bond donors (Lipinski definition) is 9. The molecular weight excluding hydrogens is 859 g/mol. The Balaban J connectivity index is 1.04. The van der Waals surface area contributed by atoms with E-state index in [2.05, 4.69) is 34.4 Å². The molecule has 29 heteroatoms. The molecule has 25 nitrogen and oxygen atoms in total. The van der Waals surface area contributed by atoms with Gasteiger partial charge in [-0.25, -0.2) is 28.6 Å². The van der Waals surface area contributed by atoms with Crippen molar-refractivity contribution in [2.75, 3.05) is 37.8 Å². The molecule has 0 aromatic carbocycles. The van der Waals surface area contributed by atoms with Gasteiger partial charge in [0.15, 0.2) is 22.8 Å². The molecule has 2 fully saturated rings. The minimum atomic E-state index is -5.58. The predicted molar refractivity (Wildman–Crippen MR) is 198 cm³/mol. The summed E-state index contributed by atoms with van der Waals surface area (Å²) < 4.78 is 67.7. The number of fused-ring (bicyclic) bond motifs is 2. The zero-order valence-corrected chi connectivity index (χ0v) is 34.1. The fourth-order valence-corrected chi connectivity index (χ4v) is 9.28. The van der Waals surface area contributed by atoms with Crippen LogP contribution in [0.15, 0.2) is 37.0 Å². The number of phosphoric ester groups is 3. The second kappa shape index (κ2) is 18.3. The van der Waals surface area contributed by atoms with Crippen LogP contribution in [0.2, 0.25) is 0 Å². The number of nitrogen functional groups attached to an aromatic ring is 1. The van der Waals surface area contributed by atoms with Crippen molar-refractivity contribution in [1.29, 1.82) is 0 Å². The summed E-state index contributed by atoms with van der Waals surface area (Å²) in [4.78, 5) is 88.0. The number of aromatic nitrogens is 4. The first-order valence-electron chi connectivity index (χ1n) is 17.1. The first-order chi connectivity index (χ1) is 27.0. The highest BCUT2D eigenvalue weighted by Crippen LogP contribution is 2.61. The van der Waals surface area contributed by atoms with Gasteiger partial charge in [-0.1, -0.05) is 43.8 Å². The van der Waals surface area contributed by atoms with E-state index in [-0.39, 0.29) is 54.1 Å². The van der Waals surface area contributed by atoms with Crippen molar-refractivity contribution in [2.24, 2.45) is 5.41 Å². The van der Waals surface area contributed by atoms with Gasteiger partial charge in [-0.2, -0.15) is 4.31 Å². The summed E-state index contributed by atoms with van der Waals surface area (Å²) in [6.07, 6.45) is 0.544. The monoisotopic (exact) mass is 901 g/mol. The molecule has 5 rings (SSSR count). The molecule has 3 aliphatic rings. The first-order valence-corrected chi connectivity index (χ1v) is 22.6. The molecule has 2 amide bonds. The summed E-state index contributed by atoms with van der Waals surface area (Å²) in [7, 11) is -16.4. The minimum Gasteiger partial charge on any atom is -0.386 e. The molecule has 2 aromatic heterocycles. The lowest BCUT2D eigenvalue weighted by Gasteiger charge is -2.30. The van der Waals surface area contributed by atoms with E-state index in [0.29, 0.717) is 5.75 Å². The third kappa shape index (κ3) is 12.1. The number of nitrogens with two attached hydrogens (primary N) is 1. The van der Waals surface area contributed by atoms with Crippen molar-refractivity contribution >= 4 is 69.1 Å². The van der Waals surface area contributed by atoms with Gasteiger partial charge in [0.05, 0.1) is 26.0 Å². The molecule has 58 heavy (non-hydrogen) atoms. The first kappa shape index (κ1) is 46.1. The molecule has 10 N–H and O–H groups in total. The second-order valence-corrected chi connectivity index (χ2v) is 19.1. The Morgan fingerprint density at radius 1 is 1.07 bits per heavy atom. The van der Waals surface area contributed by atoms with Gasteiger partial charge in [0.25, 0.3) is 0 Å². The average molecular weight is 902 g/mol. The molecule has 2 aromatic rings. The van der Waals surface area contributed by atoms with E-state index in [1.54, 1.807) is 0 Å². The number of nitrogens with one attached hydrogen (secondary N) is 2. The van der Waals surface area contributed by atoms with Gasteiger partial charge in [-0.3, -0.25) is 32.5 Å². The van der Waals surface area contributed by atoms with Crippen LogP contribution in [0.3, 0.4) is 0 Å². The second-order valence-electron chi connectivity index (χ2n) is 13.7. The smallest absolute Gasteiger partial charge is 0.386 e. The third-order valence-electron chi connectivity index (χ3n) is 8.73. The topological polar surface area (TPSA) is 376 Å². The van der Waals surface area contributed by atoms with Crippen molar-refractivity contribution in [3.63, 3.8) is 0 Å². The number of aliphatic hydroxyl groups is 2. The number of ether oxygens (including phenoxy) is 2. The number of imidazole rings is 1. The van der Waals surface area contributed by atoms with Crippen LogP contribution >= 0.6 is 35.2 Å². The highest BCUT2D eigenvalue weighted by Gasteiger charge is 2.55. The molecule has 0 bridgehead atoms. The minimum absolute atomic E-state index is 0.0286. The molecule has 4 heterocycles.